The lowest BCUT2D eigenvalue weighted by Gasteiger charge is -2.26. The fourth-order valence-corrected chi connectivity index (χ4v) is 3.75. The van der Waals surface area contributed by atoms with Crippen LogP contribution in [-0.4, -0.2) is 56.9 Å². The van der Waals surface area contributed by atoms with Crippen LogP contribution in [0.2, 0.25) is 0 Å². The van der Waals surface area contributed by atoms with Gasteiger partial charge in [-0.3, -0.25) is 4.79 Å². The molecule has 1 fully saturated rings. The molecule has 0 aromatic heterocycles. The van der Waals surface area contributed by atoms with Gasteiger partial charge in [0.25, 0.3) is 0 Å². The van der Waals surface area contributed by atoms with Gasteiger partial charge in [0.05, 0.1) is 29.9 Å². The Hall–Kier alpha value is -1.35. The smallest absolute Gasteiger partial charge is 0.243 e. The molecule has 24 heavy (non-hydrogen) atoms. The Balaban J connectivity index is 2.36. The average Bonchev–Trinajstić information content (AvgIpc) is 2.56. The van der Waals surface area contributed by atoms with Gasteiger partial charge < -0.3 is 14.8 Å². The van der Waals surface area contributed by atoms with Crippen LogP contribution in [0.25, 0.3) is 0 Å². The number of ether oxygens (including phenoxy) is 2. The van der Waals surface area contributed by atoms with Gasteiger partial charge in [-0.25, -0.2) is 8.42 Å². The predicted molar refractivity (Wildman–Crippen MR) is 91.1 cm³/mol. The number of halogens is 1. The van der Waals surface area contributed by atoms with Crippen molar-refractivity contribution in [2.45, 2.75) is 24.8 Å². The molecule has 0 atom stereocenters. The highest BCUT2D eigenvalue weighted by Gasteiger charge is 2.27. The van der Waals surface area contributed by atoms with Crippen molar-refractivity contribution in [3.05, 3.63) is 18.2 Å². The van der Waals surface area contributed by atoms with E-state index in [4.69, 9.17) is 21.1 Å². The quantitative estimate of drug-likeness (QED) is 0.763. The monoisotopic (exact) mass is 376 g/mol. The third kappa shape index (κ3) is 4.60. The van der Waals surface area contributed by atoms with Gasteiger partial charge in [0.2, 0.25) is 15.9 Å². The van der Waals surface area contributed by atoms with Crippen molar-refractivity contribution in [3.8, 4) is 5.75 Å². The first-order valence-corrected chi connectivity index (χ1v) is 9.56. The number of nitrogens with one attached hydrogen (secondary N) is 1. The zero-order valence-corrected chi connectivity index (χ0v) is 15.2. The zero-order valence-electron chi connectivity index (χ0n) is 13.6. The molecule has 1 aliphatic rings. The first kappa shape index (κ1) is 19.0. The second-order valence-electron chi connectivity index (χ2n) is 5.52. The van der Waals surface area contributed by atoms with Crippen LogP contribution in [0, 0.1) is 0 Å². The van der Waals surface area contributed by atoms with Gasteiger partial charge in [-0.15, -0.1) is 11.6 Å². The summed E-state index contributed by atoms with van der Waals surface area (Å²) in [5.74, 6) is -0.280. The van der Waals surface area contributed by atoms with E-state index in [1.54, 1.807) is 0 Å². The molecule has 0 unspecified atom stereocenters. The summed E-state index contributed by atoms with van der Waals surface area (Å²) in [6.45, 7) is 5.01. The predicted octanol–water partition coefficient (Wildman–Crippen LogP) is 1.67. The molecule has 1 saturated heterocycles. The maximum Gasteiger partial charge on any atom is 0.243 e. The van der Waals surface area contributed by atoms with Crippen LogP contribution in [0.1, 0.15) is 13.8 Å². The maximum atomic E-state index is 12.7. The number of nitrogens with zero attached hydrogens (tertiary/aromatic N) is 1. The van der Waals surface area contributed by atoms with E-state index in [2.05, 4.69) is 5.32 Å². The number of morpholine rings is 1. The largest absolute Gasteiger partial charge is 0.489 e. The topological polar surface area (TPSA) is 84.9 Å². The highest BCUT2D eigenvalue weighted by molar-refractivity contribution is 7.89. The molecule has 9 heteroatoms. The number of hydrogen-bond donors (Lipinski definition) is 1. The highest BCUT2D eigenvalue weighted by Crippen LogP contribution is 2.30. The average molecular weight is 377 g/mol. The lowest BCUT2D eigenvalue weighted by molar-refractivity contribution is -0.113. The number of hydrogen-bond acceptors (Lipinski definition) is 5. The van der Waals surface area contributed by atoms with Crippen molar-refractivity contribution >= 4 is 33.2 Å². The first-order chi connectivity index (χ1) is 11.3. The van der Waals surface area contributed by atoms with Crippen LogP contribution in [0.4, 0.5) is 5.69 Å². The number of anilines is 1. The summed E-state index contributed by atoms with van der Waals surface area (Å²) in [7, 11) is -3.66. The maximum absolute atomic E-state index is 12.7. The van der Waals surface area contributed by atoms with E-state index in [0.717, 1.165) is 0 Å². The Kier molecular flexibility index (Phi) is 6.45. The normalized spacial score (nSPS) is 16.2. The van der Waals surface area contributed by atoms with Gasteiger partial charge in [-0.2, -0.15) is 4.31 Å². The van der Waals surface area contributed by atoms with Gasteiger partial charge in [-0.1, -0.05) is 0 Å². The van der Waals surface area contributed by atoms with Crippen molar-refractivity contribution in [2.24, 2.45) is 0 Å². The molecule has 2 rings (SSSR count). The molecule has 1 heterocycles. The molecular weight excluding hydrogens is 356 g/mol. The molecule has 0 spiro atoms. The van der Waals surface area contributed by atoms with Gasteiger partial charge in [0.15, 0.2) is 0 Å². The number of benzene rings is 1. The number of carbonyl (C=O) groups excluding carboxylic acids is 1. The van der Waals surface area contributed by atoms with Crippen molar-refractivity contribution < 1.29 is 22.7 Å². The van der Waals surface area contributed by atoms with Crippen LogP contribution >= 0.6 is 11.6 Å². The fraction of sp³-hybridized carbons (Fsp3) is 0.533. The number of amides is 1. The van der Waals surface area contributed by atoms with Crippen molar-refractivity contribution in [3.63, 3.8) is 0 Å². The second-order valence-corrected chi connectivity index (χ2v) is 7.73. The van der Waals surface area contributed by atoms with Crippen LogP contribution in [0.3, 0.4) is 0 Å². The third-order valence-corrected chi connectivity index (χ3v) is 5.45. The van der Waals surface area contributed by atoms with Gasteiger partial charge in [0.1, 0.15) is 11.6 Å². The molecular formula is C15H21ClN2O5S. The number of rotatable bonds is 6. The Labute approximate surface area is 146 Å². The Morgan fingerprint density at radius 1 is 1.38 bits per heavy atom. The molecule has 0 saturated carbocycles. The molecule has 1 amide bonds. The summed E-state index contributed by atoms with van der Waals surface area (Å²) in [6, 6.07) is 4.41. The fourth-order valence-electron chi connectivity index (χ4n) is 2.24. The van der Waals surface area contributed by atoms with Crippen molar-refractivity contribution in [1.29, 1.82) is 0 Å². The highest BCUT2D eigenvalue weighted by atomic mass is 35.5. The molecule has 1 N–H and O–H groups in total. The van der Waals surface area contributed by atoms with E-state index in [9.17, 15) is 13.2 Å². The third-order valence-electron chi connectivity index (χ3n) is 3.32. The van der Waals surface area contributed by atoms with Gasteiger partial charge in [0, 0.05) is 13.1 Å². The molecule has 0 radical (unpaired) electrons. The minimum absolute atomic E-state index is 0.0883. The molecule has 1 aromatic rings. The Morgan fingerprint density at radius 3 is 2.62 bits per heavy atom. The van der Waals surface area contributed by atoms with Crippen LogP contribution in [0.15, 0.2) is 23.1 Å². The SMILES string of the molecule is CC(C)Oc1ccc(S(=O)(=O)N2CCOCC2)cc1NC(=O)CCl. The Morgan fingerprint density at radius 2 is 2.04 bits per heavy atom. The lowest BCUT2D eigenvalue weighted by Crippen LogP contribution is -2.40. The standard InChI is InChI=1S/C15H21ClN2O5S/c1-11(2)23-14-4-3-12(9-13(14)17-15(19)10-16)24(20,21)18-5-7-22-8-6-18/h3-4,9,11H,5-8,10H2,1-2H3,(H,17,19). The van der Waals surface area contributed by atoms with Gasteiger partial charge >= 0.3 is 0 Å². The Bertz CT molecular complexity index is 687. The number of alkyl halides is 1. The summed E-state index contributed by atoms with van der Waals surface area (Å²) < 4.78 is 37.6. The number of carbonyl (C=O) groups is 1. The van der Waals surface area contributed by atoms with Crippen molar-refractivity contribution in [2.75, 3.05) is 37.5 Å². The van der Waals surface area contributed by atoms with Crippen LogP contribution in [-0.2, 0) is 19.6 Å². The molecule has 1 aliphatic heterocycles. The summed E-state index contributed by atoms with van der Waals surface area (Å²) in [4.78, 5) is 11.7. The van der Waals surface area contributed by atoms with Crippen molar-refractivity contribution in [1.82, 2.24) is 4.31 Å². The second kappa shape index (κ2) is 8.15. The zero-order chi connectivity index (χ0) is 17.7. The van der Waals surface area contributed by atoms with E-state index in [1.807, 2.05) is 13.8 Å². The minimum atomic E-state index is -3.66. The van der Waals surface area contributed by atoms with E-state index < -0.39 is 15.9 Å². The minimum Gasteiger partial charge on any atom is -0.489 e. The number of sulfonamides is 1. The van der Waals surface area contributed by atoms with E-state index in [1.165, 1.54) is 22.5 Å². The van der Waals surface area contributed by atoms with Gasteiger partial charge in [-0.05, 0) is 32.0 Å². The summed E-state index contributed by atoms with van der Waals surface area (Å²) in [5, 5.41) is 2.58. The first-order valence-electron chi connectivity index (χ1n) is 7.59. The van der Waals surface area contributed by atoms with E-state index >= 15 is 0 Å². The van der Waals surface area contributed by atoms with Crippen LogP contribution < -0.4 is 10.1 Å². The van der Waals surface area contributed by atoms with E-state index in [0.29, 0.717) is 32.1 Å². The summed E-state index contributed by atoms with van der Waals surface area (Å²) in [6.07, 6.45) is -0.127. The van der Waals surface area contributed by atoms with E-state index in [-0.39, 0.29) is 22.6 Å². The molecule has 134 valence electrons. The van der Waals surface area contributed by atoms with Crippen LogP contribution in [0.5, 0.6) is 5.75 Å². The summed E-state index contributed by atoms with van der Waals surface area (Å²) in [5.41, 5.74) is 0.281. The molecule has 0 aliphatic carbocycles. The molecule has 7 nitrogen and oxygen atoms in total. The molecule has 1 aromatic carbocycles. The molecule has 0 bridgehead atoms. The summed E-state index contributed by atoms with van der Waals surface area (Å²) >= 11 is 5.52. The lowest BCUT2D eigenvalue weighted by atomic mass is 10.3.